The van der Waals surface area contributed by atoms with Gasteiger partial charge in [0.25, 0.3) is 0 Å². The first-order chi connectivity index (χ1) is 6.63. The largest absolute Gasteiger partial charge is 0.384 e. The molecule has 0 fully saturated rings. The van der Waals surface area contributed by atoms with Crippen molar-refractivity contribution in [2.24, 2.45) is 0 Å². The molecule has 0 bridgehead atoms. The molecule has 2 N–H and O–H groups in total. The van der Waals surface area contributed by atoms with Gasteiger partial charge in [0.1, 0.15) is 5.82 Å². The van der Waals surface area contributed by atoms with Crippen molar-refractivity contribution < 1.29 is 4.74 Å². The fourth-order valence-electron chi connectivity index (χ4n) is 0.942. The Kier molecular flexibility index (Phi) is 4.17. The molecule has 0 amide bonds. The number of nitrogen functional groups attached to an aromatic ring is 1. The standard InChI is InChI=1S/C10H15ClN2O/c1-3-7(2)14-6-9-8(11)4-5-10(12)13-9/h4-5,7H,3,6H2,1-2H3,(H2,12,13). The van der Waals surface area contributed by atoms with Crippen molar-refractivity contribution in [3.05, 3.63) is 22.8 Å². The highest BCUT2D eigenvalue weighted by Crippen LogP contribution is 2.16. The van der Waals surface area contributed by atoms with Crippen molar-refractivity contribution in [2.75, 3.05) is 5.73 Å². The van der Waals surface area contributed by atoms with Crippen molar-refractivity contribution in [3.63, 3.8) is 0 Å². The van der Waals surface area contributed by atoms with E-state index in [-0.39, 0.29) is 6.10 Å². The number of aromatic nitrogens is 1. The third-order valence-corrected chi connectivity index (χ3v) is 2.36. The fourth-order valence-corrected chi connectivity index (χ4v) is 1.10. The Morgan fingerprint density at radius 3 is 2.93 bits per heavy atom. The fraction of sp³-hybridized carbons (Fsp3) is 0.500. The van der Waals surface area contributed by atoms with Crippen molar-refractivity contribution in [1.29, 1.82) is 0 Å². The average Bonchev–Trinajstić information content (AvgIpc) is 2.19. The summed E-state index contributed by atoms with van der Waals surface area (Å²) < 4.78 is 5.51. The molecule has 1 atom stereocenters. The lowest BCUT2D eigenvalue weighted by molar-refractivity contribution is 0.0490. The molecule has 0 radical (unpaired) electrons. The third kappa shape index (κ3) is 3.16. The van der Waals surface area contributed by atoms with Crippen LogP contribution in [0, 0.1) is 0 Å². The van der Waals surface area contributed by atoms with Gasteiger partial charge in [-0.2, -0.15) is 0 Å². The summed E-state index contributed by atoms with van der Waals surface area (Å²) in [7, 11) is 0. The average molecular weight is 215 g/mol. The summed E-state index contributed by atoms with van der Waals surface area (Å²) in [5, 5.41) is 0.600. The van der Waals surface area contributed by atoms with E-state index in [1.807, 2.05) is 6.92 Å². The number of ether oxygens (including phenoxy) is 1. The molecule has 0 aromatic carbocycles. The normalized spacial score (nSPS) is 12.8. The summed E-state index contributed by atoms with van der Waals surface area (Å²) in [6.45, 7) is 4.50. The zero-order valence-electron chi connectivity index (χ0n) is 8.46. The highest BCUT2D eigenvalue weighted by atomic mass is 35.5. The molecule has 0 saturated carbocycles. The molecule has 0 spiro atoms. The van der Waals surface area contributed by atoms with Crippen LogP contribution in [-0.4, -0.2) is 11.1 Å². The number of halogens is 1. The number of nitrogens with two attached hydrogens (primary N) is 1. The molecular formula is C10H15ClN2O. The lowest BCUT2D eigenvalue weighted by Gasteiger charge is -2.10. The summed E-state index contributed by atoms with van der Waals surface area (Å²) in [5.41, 5.74) is 6.24. The minimum atomic E-state index is 0.217. The molecule has 0 aliphatic heterocycles. The summed E-state index contributed by atoms with van der Waals surface area (Å²) in [5.74, 6) is 0.470. The molecule has 0 saturated heterocycles. The minimum Gasteiger partial charge on any atom is -0.384 e. The molecule has 0 aliphatic carbocycles. The van der Waals surface area contributed by atoms with E-state index in [1.165, 1.54) is 0 Å². The molecule has 1 rings (SSSR count). The van der Waals surface area contributed by atoms with E-state index in [9.17, 15) is 0 Å². The molecule has 1 heterocycles. The summed E-state index contributed by atoms with van der Waals surface area (Å²) in [4.78, 5) is 4.10. The van der Waals surface area contributed by atoms with Crippen LogP contribution < -0.4 is 5.73 Å². The van der Waals surface area contributed by atoms with Gasteiger partial charge in [0.05, 0.1) is 23.4 Å². The second kappa shape index (κ2) is 5.17. The Balaban J connectivity index is 2.62. The van der Waals surface area contributed by atoms with Gasteiger partial charge in [-0.1, -0.05) is 18.5 Å². The first kappa shape index (κ1) is 11.3. The quantitative estimate of drug-likeness (QED) is 0.838. The van der Waals surface area contributed by atoms with Crippen LogP contribution >= 0.6 is 11.6 Å². The summed E-state index contributed by atoms with van der Waals surface area (Å²) in [6.07, 6.45) is 1.19. The number of pyridine rings is 1. The van der Waals surface area contributed by atoms with E-state index in [4.69, 9.17) is 22.1 Å². The molecule has 14 heavy (non-hydrogen) atoms. The maximum Gasteiger partial charge on any atom is 0.123 e. The Labute approximate surface area is 89.2 Å². The van der Waals surface area contributed by atoms with Gasteiger partial charge in [0, 0.05) is 0 Å². The van der Waals surface area contributed by atoms with E-state index < -0.39 is 0 Å². The van der Waals surface area contributed by atoms with Crippen molar-refractivity contribution in [2.45, 2.75) is 33.0 Å². The smallest absolute Gasteiger partial charge is 0.123 e. The van der Waals surface area contributed by atoms with Crippen molar-refractivity contribution in [1.82, 2.24) is 4.98 Å². The lowest BCUT2D eigenvalue weighted by Crippen LogP contribution is -2.08. The van der Waals surface area contributed by atoms with Crippen LogP contribution in [0.1, 0.15) is 26.0 Å². The number of hydrogen-bond donors (Lipinski definition) is 1. The molecule has 78 valence electrons. The topological polar surface area (TPSA) is 48.1 Å². The van der Waals surface area contributed by atoms with E-state index >= 15 is 0 Å². The maximum absolute atomic E-state index is 5.92. The molecule has 1 unspecified atom stereocenters. The second-order valence-electron chi connectivity index (χ2n) is 3.19. The van der Waals surface area contributed by atoms with Crippen LogP contribution in [0.2, 0.25) is 5.02 Å². The summed E-state index contributed by atoms with van der Waals surface area (Å²) >= 11 is 5.92. The first-order valence-electron chi connectivity index (χ1n) is 4.66. The molecule has 4 heteroatoms. The Hall–Kier alpha value is -0.800. The van der Waals surface area contributed by atoms with E-state index in [1.54, 1.807) is 12.1 Å². The van der Waals surface area contributed by atoms with Crippen LogP contribution in [0.3, 0.4) is 0 Å². The lowest BCUT2D eigenvalue weighted by atomic mass is 10.3. The van der Waals surface area contributed by atoms with Gasteiger partial charge in [0.2, 0.25) is 0 Å². The van der Waals surface area contributed by atoms with Gasteiger partial charge in [-0.15, -0.1) is 0 Å². The van der Waals surface area contributed by atoms with Crippen molar-refractivity contribution in [3.8, 4) is 0 Å². The van der Waals surface area contributed by atoms with Gasteiger partial charge < -0.3 is 10.5 Å². The molecule has 3 nitrogen and oxygen atoms in total. The van der Waals surface area contributed by atoms with Crippen LogP contribution in [-0.2, 0) is 11.3 Å². The van der Waals surface area contributed by atoms with Crippen LogP contribution in [0.25, 0.3) is 0 Å². The van der Waals surface area contributed by atoms with Crippen LogP contribution in [0.4, 0.5) is 5.82 Å². The number of nitrogens with zero attached hydrogens (tertiary/aromatic N) is 1. The zero-order valence-corrected chi connectivity index (χ0v) is 9.21. The monoisotopic (exact) mass is 214 g/mol. The number of hydrogen-bond acceptors (Lipinski definition) is 3. The van der Waals surface area contributed by atoms with Gasteiger partial charge in [0.15, 0.2) is 0 Å². The predicted octanol–water partition coefficient (Wildman–Crippen LogP) is 2.63. The highest BCUT2D eigenvalue weighted by Gasteiger charge is 2.05. The molecular weight excluding hydrogens is 200 g/mol. The Morgan fingerprint density at radius 2 is 2.29 bits per heavy atom. The van der Waals surface area contributed by atoms with Gasteiger partial charge in [-0.3, -0.25) is 0 Å². The van der Waals surface area contributed by atoms with E-state index in [0.717, 1.165) is 6.42 Å². The van der Waals surface area contributed by atoms with Gasteiger partial charge >= 0.3 is 0 Å². The zero-order chi connectivity index (χ0) is 10.6. The van der Waals surface area contributed by atoms with Gasteiger partial charge in [-0.25, -0.2) is 4.98 Å². The van der Waals surface area contributed by atoms with Crippen LogP contribution in [0.15, 0.2) is 12.1 Å². The highest BCUT2D eigenvalue weighted by molar-refractivity contribution is 6.31. The SMILES string of the molecule is CCC(C)OCc1nc(N)ccc1Cl. The first-order valence-corrected chi connectivity index (χ1v) is 5.03. The molecule has 1 aromatic heterocycles. The Morgan fingerprint density at radius 1 is 1.57 bits per heavy atom. The van der Waals surface area contributed by atoms with E-state index in [2.05, 4.69) is 11.9 Å². The number of anilines is 1. The second-order valence-corrected chi connectivity index (χ2v) is 3.60. The van der Waals surface area contributed by atoms with E-state index in [0.29, 0.717) is 23.1 Å². The molecule has 0 aliphatic rings. The summed E-state index contributed by atoms with van der Waals surface area (Å²) in [6, 6.07) is 3.41. The third-order valence-electron chi connectivity index (χ3n) is 2.02. The van der Waals surface area contributed by atoms with Crippen LogP contribution in [0.5, 0.6) is 0 Å². The predicted molar refractivity (Wildman–Crippen MR) is 58.2 cm³/mol. The Bertz CT molecular complexity index is 304. The van der Waals surface area contributed by atoms with Crippen molar-refractivity contribution >= 4 is 17.4 Å². The minimum absolute atomic E-state index is 0.217. The van der Waals surface area contributed by atoms with Gasteiger partial charge in [-0.05, 0) is 25.5 Å². The maximum atomic E-state index is 5.92. The molecule has 1 aromatic rings. The number of rotatable bonds is 4.